The van der Waals surface area contributed by atoms with Gasteiger partial charge in [-0.05, 0) is 44.0 Å². The van der Waals surface area contributed by atoms with Crippen LogP contribution in [0.5, 0.6) is 5.75 Å². The molecule has 2 rings (SSSR count). The molecule has 0 radical (unpaired) electrons. The third kappa shape index (κ3) is 9.20. The van der Waals surface area contributed by atoms with Gasteiger partial charge in [-0.1, -0.05) is 42.5 Å². The van der Waals surface area contributed by atoms with E-state index in [9.17, 15) is 19.5 Å². The molecule has 0 aliphatic heterocycles. The van der Waals surface area contributed by atoms with Crippen molar-refractivity contribution >= 4 is 18.0 Å². The molecule has 8 heteroatoms. The van der Waals surface area contributed by atoms with E-state index in [2.05, 4.69) is 10.6 Å². The minimum atomic E-state index is -1.30. The van der Waals surface area contributed by atoms with E-state index in [1.807, 2.05) is 30.3 Å². The van der Waals surface area contributed by atoms with Crippen molar-refractivity contribution in [2.45, 2.75) is 45.4 Å². The predicted molar refractivity (Wildman–Crippen MR) is 115 cm³/mol. The lowest BCUT2D eigenvalue weighted by molar-refractivity contribution is -0.139. The first-order valence-electron chi connectivity index (χ1n) is 9.87. The number of rotatable bonds is 9. The first-order chi connectivity index (χ1) is 14.6. The highest BCUT2D eigenvalue weighted by Gasteiger charge is 2.24. The van der Waals surface area contributed by atoms with Gasteiger partial charge in [0.25, 0.3) is 0 Å². The van der Waals surface area contributed by atoms with Gasteiger partial charge in [-0.2, -0.15) is 0 Å². The molecule has 1 atom stereocenters. The zero-order chi connectivity index (χ0) is 22.9. The summed E-state index contributed by atoms with van der Waals surface area (Å²) in [5.41, 5.74) is 1.04. The predicted octanol–water partition coefficient (Wildman–Crippen LogP) is 2.90. The maximum absolute atomic E-state index is 12.2. The summed E-state index contributed by atoms with van der Waals surface area (Å²) in [6, 6.07) is 15.6. The largest absolute Gasteiger partial charge is 0.489 e. The van der Waals surface area contributed by atoms with Crippen LogP contribution < -0.4 is 15.4 Å². The van der Waals surface area contributed by atoms with E-state index >= 15 is 0 Å². The Kier molecular flexibility index (Phi) is 8.43. The zero-order valence-electron chi connectivity index (χ0n) is 17.9. The van der Waals surface area contributed by atoms with Crippen molar-refractivity contribution in [2.75, 3.05) is 6.54 Å². The molecule has 0 fully saturated rings. The molecule has 8 nitrogen and oxygen atoms in total. The number of amides is 2. The van der Waals surface area contributed by atoms with E-state index in [4.69, 9.17) is 9.47 Å². The molecule has 0 unspecified atom stereocenters. The number of hydrogen-bond acceptors (Lipinski definition) is 5. The summed E-state index contributed by atoms with van der Waals surface area (Å²) in [5, 5.41) is 14.0. The van der Waals surface area contributed by atoms with Crippen LogP contribution in [0.15, 0.2) is 54.6 Å². The van der Waals surface area contributed by atoms with Crippen molar-refractivity contribution in [1.82, 2.24) is 10.6 Å². The van der Waals surface area contributed by atoms with E-state index in [-0.39, 0.29) is 18.9 Å². The lowest BCUT2D eigenvalue weighted by atomic mass is 10.1. The average molecular weight is 428 g/mol. The Morgan fingerprint density at radius 1 is 0.968 bits per heavy atom. The highest BCUT2D eigenvalue weighted by atomic mass is 16.6. The Bertz CT molecular complexity index is 875. The van der Waals surface area contributed by atoms with Gasteiger partial charge in [-0.15, -0.1) is 0 Å². The number of nitrogens with one attached hydrogen (secondary N) is 2. The molecule has 0 aromatic heterocycles. The molecule has 0 aliphatic carbocycles. The number of carboxylic acid groups (broad SMARTS) is 1. The Balaban J connectivity index is 1.80. The van der Waals surface area contributed by atoms with Crippen molar-refractivity contribution in [3.63, 3.8) is 0 Å². The Labute approximate surface area is 181 Å². The van der Waals surface area contributed by atoms with E-state index in [0.717, 1.165) is 11.1 Å². The summed E-state index contributed by atoms with van der Waals surface area (Å²) in [5.74, 6) is -0.957. The van der Waals surface area contributed by atoms with Gasteiger partial charge in [0.1, 0.15) is 24.0 Å². The number of benzene rings is 2. The maximum Gasteiger partial charge on any atom is 0.408 e. The fourth-order valence-electron chi connectivity index (χ4n) is 2.56. The molecule has 2 amide bonds. The minimum absolute atomic E-state index is 0.0672. The molecular formula is C23H28N2O6. The monoisotopic (exact) mass is 428 g/mol. The third-order valence-electron chi connectivity index (χ3n) is 4.03. The van der Waals surface area contributed by atoms with Crippen LogP contribution >= 0.6 is 0 Å². The summed E-state index contributed by atoms with van der Waals surface area (Å²) in [6.07, 6.45) is -0.794. The van der Waals surface area contributed by atoms with Crippen LogP contribution in [-0.4, -0.2) is 41.3 Å². The second-order valence-corrected chi connectivity index (χ2v) is 7.94. The van der Waals surface area contributed by atoms with E-state index < -0.39 is 23.7 Å². The first kappa shape index (κ1) is 23.7. The number of hydrogen-bond donors (Lipinski definition) is 3. The third-order valence-corrected chi connectivity index (χ3v) is 4.03. The fraction of sp³-hybridized carbons (Fsp3) is 0.348. The second-order valence-electron chi connectivity index (χ2n) is 7.94. The summed E-state index contributed by atoms with van der Waals surface area (Å²) in [7, 11) is 0. The van der Waals surface area contributed by atoms with E-state index in [1.165, 1.54) is 0 Å². The lowest BCUT2D eigenvalue weighted by Crippen LogP contribution is -2.49. The van der Waals surface area contributed by atoms with Crippen LogP contribution in [0.25, 0.3) is 0 Å². The fourth-order valence-corrected chi connectivity index (χ4v) is 2.56. The second kappa shape index (κ2) is 11.0. The highest BCUT2D eigenvalue weighted by molar-refractivity contribution is 5.82. The van der Waals surface area contributed by atoms with E-state index in [1.54, 1.807) is 45.0 Å². The van der Waals surface area contributed by atoms with Crippen LogP contribution in [-0.2, 0) is 27.4 Å². The van der Waals surface area contributed by atoms with Crippen molar-refractivity contribution in [1.29, 1.82) is 0 Å². The number of carboxylic acids is 1. The number of ether oxygens (including phenoxy) is 2. The number of alkyl carbamates (subject to hydrolysis) is 1. The minimum Gasteiger partial charge on any atom is -0.489 e. The van der Waals surface area contributed by atoms with Crippen LogP contribution in [0.1, 0.15) is 31.9 Å². The van der Waals surface area contributed by atoms with Gasteiger partial charge in [-0.3, -0.25) is 4.79 Å². The molecule has 0 saturated heterocycles. The van der Waals surface area contributed by atoms with Crippen LogP contribution in [0.2, 0.25) is 0 Å². The average Bonchev–Trinajstić information content (AvgIpc) is 2.70. The molecule has 0 bridgehead atoms. The molecule has 0 spiro atoms. The lowest BCUT2D eigenvalue weighted by Gasteiger charge is -2.22. The molecule has 0 heterocycles. The summed E-state index contributed by atoms with van der Waals surface area (Å²) >= 11 is 0. The molecule has 0 saturated carbocycles. The topological polar surface area (TPSA) is 114 Å². The van der Waals surface area contributed by atoms with Crippen LogP contribution in [0.4, 0.5) is 4.79 Å². The molecule has 3 N–H and O–H groups in total. The SMILES string of the molecule is CC(C)(C)OC(=O)N[C@@H](CNC(=O)Cc1ccc(OCc2ccccc2)cc1)C(=O)O. The van der Waals surface area contributed by atoms with Gasteiger partial charge in [0.15, 0.2) is 0 Å². The van der Waals surface area contributed by atoms with Gasteiger partial charge < -0.3 is 25.2 Å². The molecule has 166 valence electrons. The maximum atomic E-state index is 12.2. The molecular weight excluding hydrogens is 400 g/mol. The Hall–Kier alpha value is -3.55. The summed E-state index contributed by atoms with van der Waals surface area (Å²) < 4.78 is 10.8. The van der Waals surface area contributed by atoms with Crippen molar-refractivity contribution in [3.05, 3.63) is 65.7 Å². The number of carbonyl (C=O) groups excluding carboxylic acids is 2. The molecule has 0 aliphatic rings. The Morgan fingerprint density at radius 3 is 2.19 bits per heavy atom. The van der Waals surface area contributed by atoms with Gasteiger partial charge in [0.2, 0.25) is 5.91 Å². The zero-order valence-corrected chi connectivity index (χ0v) is 17.9. The molecule has 2 aromatic carbocycles. The quantitative estimate of drug-likeness (QED) is 0.566. The van der Waals surface area contributed by atoms with Crippen molar-refractivity contribution < 1.29 is 29.0 Å². The van der Waals surface area contributed by atoms with Gasteiger partial charge >= 0.3 is 12.1 Å². The standard InChI is InChI=1S/C23H28N2O6/c1-23(2,3)31-22(29)25-19(21(27)28)14-24-20(26)13-16-9-11-18(12-10-16)30-15-17-7-5-4-6-8-17/h4-12,19H,13-15H2,1-3H3,(H,24,26)(H,25,29)(H,27,28)/t19-/m0/s1. The summed E-state index contributed by atoms with van der Waals surface area (Å²) in [6.45, 7) is 5.19. The first-order valence-corrected chi connectivity index (χ1v) is 9.87. The number of aliphatic carboxylic acids is 1. The van der Waals surface area contributed by atoms with Gasteiger partial charge in [-0.25, -0.2) is 9.59 Å². The Morgan fingerprint density at radius 2 is 1.61 bits per heavy atom. The molecule has 31 heavy (non-hydrogen) atoms. The summed E-state index contributed by atoms with van der Waals surface area (Å²) in [4.78, 5) is 35.3. The van der Waals surface area contributed by atoms with Crippen LogP contribution in [0, 0.1) is 0 Å². The van der Waals surface area contributed by atoms with Crippen molar-refractivity contribution in [2.24, 2.45) is 0 Å². The highest BCUT2D eigenvalue weighted by Crippen LogP contribution is 2.14. The van der Waals surface area contributed by atoms with Gasteiger partial charge in [0.05, 0.1) is 6.42 Å². The van der Waals surface area contributed by atoms with E-state index in [0.29, 0.717) is 12.4 Å². The normalized spacial score (nSPS) is 11.8. The smallest absolute Gasteiger partial charge is 0.408 e. The van der Waals surface area contributed by atoms with Crippen LogP contribution in [0.3, 0.4) is 0 Å². The van der Waals surface area contributed by atoms with Gasteiger partial charge in [0, 0.05) is 6.54 Å². The van der Waals surface area contributed by atoms with Crippen molar-refractivity contribution in [3.8, 4) is 5.75 Å². The number of carbonyl (C=O) groups is 3. The molecule has 2 aromatic rings.